The molecule has 6 heteroatoms. The maximum Gasteiger partial charge on any atom is 0.224 e. The van der Waals surface area contributed by atoms with E-state index in [1.165, 1.54) is 0 Å². The van der Waals surface area contributed by atoms with E-state index in [-0.39, 0.29) is 5.91 Å². The quantitative estimate of drug-likeness (QED) is 0.385. The first-order valence-corrected chi connectivity index (χ1v) is 11.0. The van der Waals surface area contributed by atoms with E-state index in [4.69, 9.17) is 16.6 Å². The molecule has 1 heterocycles. The van der Waals surface area contributed by atoms with Gasteiger partial charge >= 0.3 is 0 Å². The number of nitrogens with one attached hydrogen (secondary N) is 1. The average molecular weight is 475 g/mol. The van der Waals surface area contributed by atoms with Crippen molar-refractivity contribution in [2.24, 2.45) is 0 Å². The number of halogens is 2. The zero-order valence-corrected chi connectivity index (χ0v) is 18.7. The molecule has 1 amide bonds. The lowest BCUT2D eigenvalue weighted by atomic mass is 10.1. The van der Waals surface area contributed by atoms with E-state index in [1.807, 2.05) is 42.5 Å². The number of fused-ring (bicyclic) bond motifs is 1. The number of hydrogen-bond acceptors (Lipinski definition) is 2. The lowest BCUT2D eigenvalue weighted by Crippen LogP contribution is -2.26. The molecule has 0 atom stereocenters. The summed E-state index contributed by atoms with van der Waals surface area (Å²) in [5, 5.41) is 3.68. The molecular formula is C23H25BrClN3O. The normalized spacial score (nSPS) is 11.0. The van der Waals surface area contributed by atoms with Crippen molar-refractivity contribution in [1.82, 2.24) is 14.9 Å². The average Bonchev–Trinajstić information content (AvgIpc) is 3.03. The third kappa shape index (κ3) is 6.44. The van der Waals surface area contributed by atoms with Gasteiger partial charge in [0.15, 0.2) is 0 Å². The summed E-state index contributed by atoms with van der Waals surface area (Å²) in [5.41, 5.74) is 3.13. The van der Waals surface area contributed by atoms with Gasteiger partial charge in [0.25, 0.3) is 0 Å². The Balaban J connectivity index is 1.42. The molecule has 0 fully saturated rings. The second kappa shape index (κ2) is 10.6. The van der Waals surface area contributed by atoms with Crippen molar-refractivity contribution in [2.45, 2.75) is 38.6 Å². The number of unbranched alkanes of at least 4 members (excludes halogenated alkanes) is 2. The number of rotatable bonds is 10. The Hall–Kier alpha value is -2.11. The first kappa shape index (κ1) is 21.6. The lowest BCUT2D eigenvalue weighted by Gasteiger charge is -2.09. The van der Waals surface area contributed by atoms with Gasteiger partial charge in [0.2, 0.25) is 5.91 Å². The molecule has 0 aliphatic heterocycles. The number of benzene rings is 2. The molecular weight excluding hydrogens is 450 g/mol. The van der Waals surface area contributed by atoms with Crippen molar-refractivity contribution in [3.05, 3.63) is 76.0 Å². The number of carbonyl (C=O) groups excluding carboxylic acids is 1. The molecule has 1 N–H and O–H groups in total. The number of aromatic nitrogens is 2. The van der Waals surface area contributed by atoms with Crippen molar-refractivity contribution in [3.8, 4) is 0 Å². The van der Waals surface area contributed by atoms with Crippen LogP contribution in [0.4, 0.5) is 0 Å². The highest BCUT2D eigenvalue weighted by Gasteiger charge is 2.10. The van der Waals surface area contributed by atoms with Gasteiger partial charge in [0.05, 0.1) is 24.0 Å². The SMILES string of the molecule is C=C(Br)Cn1c(CCCCCNC(=O)Cc2ccc(Cl)cc2)nc2ccccc21. The van der Waals surface area contributed by atoms with Crippen molar-refractivity contribution in [1.29, 1.82) is 0 Å². The Morgan fingerprint density at radius 2 is 1.86 bits per heavy atom. The topological polar surface area (TPSA) is 46.9 Å². The van der Waals surface area contributed by atoms with Crippen LogP contribution in [0.15, 0.2) is 59.6 Å². The molecule has 0 saturated heterocycles. The van der Waals surface area contributed by atoms with Gasteiger partial charge < -0.3 is 9.88 Å². The molecule has 0 radical (unpaired) electrons. The summed E-state index contributed by atoms with van der Waals surface area (Å²) in [6, 6.07) is 15.6. The van der Waals surface area contributed by atoms with Crippen LogP contribution in [0.2, 0.25) is 5.02 Å². The fraction of sp³-hybridized carbons (Fsp3) is 0.304. The summed E-state index contributed by atoms with van der Waals surface area (Å²) in [6.07, 6.45) is 4.33. The van der Waals surface area contributed by atoms with E-state index in [0.717, 1.165) is 59.1 Å². The Bertz CT molecular complexity index is 981. The molecule has 3 rings (SSSR count). The zero-order valence-electron chi connectivity index (χ0n) is 16.3. The van der Waals surface area contributed by atoms with Gasteiger partial charge in [0, 0.05) is 22.5 Å². The molecule has 0 aliphatic rings. The largest absolute Gasteiger partial charge is 0.356 e. The third-order valence-electron chi connectivity index (χ3n) is 4.74. The minimum Gasteiger partial charge on any atom is -0.356 e. The van der Waals surface area contributed by atoms with Gasteiger partial charge in [-0.25, -0.2) is 4.98 Å². The second-order valence-corrected chi connectivity index (χ2v) is 8.64. The van der Waals surface area contributed by atoms with E-state index < -0.39 is 0 Å². The number of hydrogen-bond donors (Lipinski definition) is 1. The molecule has 0 bridgehead atoms. The Kier molecular flexibility index (Phi) is 7.90. The van der Waals surface area contributed by atoms with Gasteiger partial charge in [-0.05, 0) is 42.7 Å². The maximum absolute atomic E-state index is 12.0. The molecule has 0 unspecified atom stereocenters. The molecule has 4 nitrogen and oxygen atoms in total. The second-order valence-electron chi connectivity index (χ2n) is 7.08. The standard InChI is InChI=1S/C23H25BrClN3O/c1-17(24)16-28-21-8-5-4-7-20(21)27-22(28)9-3-2-6-14-26-23(29)15-18-10-12-19(25)13-11-18/h4-5,7-8,10-13H,1-3,6,9,14-16H2,(H,26,29). The van der Waals surface area contributed by atoms with Crippen molar-refractivity contribution >= 4 is 44.5 Å². The van der Waals surface area contributed by atoms with Crippen LogP contribution in [0.25, 0.3) is 11.0 Å². The van der Waals surface area contributed by atoms with E-state index >= 15 is 0 Å². The molecule has 29 heavy (non-hydrogen) atoms. The number of carbonyl (C=O) groups is 1. The number of para-hydroxylation sites is 2. The van der Waals surface area contributed by atoms with Crippen LogP contribution in [0.1, 0.15) is 30.7 Å². The van der Waals surface area contributed by atoms with E-state index in [0.29, 0.717) is 18.0 Å². The van der Waals surface area contributed by atoms with Gasteiger partial charge in [-0.3, -0.25) is 4.79 Å². The van der Waals surface area contributed by atoms with Crippen LogP contribution in [-0.4, -0.2) is 22.0 Å². The monoisotopic (exact) mass is 473 g/mol. The highest BCUT2D eigenvalue weighted by atomic mass is 79.9. The number of aryl methyl sites for hydroxylation is 1. The smallest absolute Gasteiger partial charge is 0.224 e. The van der Waals surface area contributed by atoms with E-state index in [1.54, 1.807) is 0 Å². The summed E-state index contributed by atoms with van der Waals surface area (Å²) in [4.78, 5) is 16.8. The molecule has 0 saturated carbocycles. The van der Waals surface area contributed by atoms with Crippen LogP contribution in [0.5, 0.6) is 0 Å². The summed E-state index contributed by atoms with van der Waals surface area (Å²) in [5.74, 6) is 1.13. The first-order chi connectivity index (χ1) is 14.0. The lowest BCUT2D eigenvalue weighted by molar-refractivity contribution is -0.120. The van der Waals surface area contributed by atoms with Crippen molar-refractivity contribution in [3.63, 3.8) is 0 Å². The summed E-state index contributed by atoms with van der Waals surface area (Å²) in [6.45, 7) is 5.39. The molecule has 2 aromatic carbocycles. The van der Waals surface area contributed by atoms with Crippen LogP contribution >= 0.6 is 27.5 Å². The van der Waals surface area contributed by atoms with Gasteiger partial charge in [-0.15, -0.1) is 0 Å². The highest BCUT2D eigenvalue weighted by molar-refractivity contribution is 9.11. The Morgan fingerprint density at radius 3 is 2.62 bits per heavy atom. The first-order valence-electron chi connectivity index (χ1n) is 9.81. The molecule has 0 aliphatic carbocycles. The highest BCUT2D eigenvalue weighted by Crippen LogP contribution is 2.20. The number of nitrogens with zero attached hydrogens (tertiary/aromatic N) is 2. The Labute approximate surface area is 185 Å². The summed E-state index contributed by atoms with van der Waals surface area (Å²) < 4.78 is 3.16. The molecule has 0 spiro atoms. The van der Waals surface area contributed by atoms with Crippen molar-refractivity contribution in [2.75, 3.05) is 6.54 Å². The minimum atomic E-state index is 0.0462. The van der Waals surface area contributed by atoms with Gasteiger partial charge in [0.1, 0.15) is 5.82 Å². The number of allylic oxidation sites excluding steroid dienone is 1. The number of imidazole rings is 1. The zero-order chi connectivity index (χ0) is 20.6. The van der Waals surface area contributed by atoms with E-state index in [2.05, 4.69) is 38.5 Å². The van der Waals surface area contributed by atoms with Crippen molar-refractivity contribution < 1.29 is 4.79 Å². The fourth-order valence-electron chi connectivity index (χ4n) is 3.33. The van der Waals surface area contributed by atoms with Crippen LogP contribution in [0.3, 0.4) is 0 Å². The summed E-state index contributed by atoms with van der Waals surface area (Å²) in [7, 11) is 0. The van der Waals surface area contributed by atoms with E-state index in [9.17, 15) is 4.79 Å². The predicted molar refractivity (Wildman–Crippen MR) is 124 cm³/mol. The van der Waals surface area contributed by atoms with Gasteiger partial charge in [-0.2, -0.15) is 0 Å². The maximum atomic E-state index is 12.0. The van der Waals surface area contributed by atoms with Gasteiger partial charge in [-0.1, -0.05) is 64.8 Å². The predicted octanol–water partition coefficient (Wildman–Crippen LogP) is 5.67. The van der Waals surface area contributed by atoms with Crippen LogP contribution < -0.4 is 5.32 Å². The van der Waals surface area contributed by atoms with Crippen LogP contribution in [-0.2, 0) is 24.2 Å². The Morgan fingerprint density at radius 1 is 1.10 bits per heavy atom. The third-order valence-corrected chi connectivity index (χ3v) is 5.24. The minimum absolute atomic E-state index is 0.0462. The molecule has 1 aromatic heterocycles. The van der Waals surface area contributed by atoms with Crippen LogP contribution in [0, 0.1) is 0 Å². The molecule has 152 valence electrons. The fourth-order valence-corrected chi connectivity index (χ4v) is 3.70. The summed E-state index contributed by atoms with van der Waals surface area (Å²) >= 11 is 9.34. The number of amides is 1. The molecule has 3 aromatic rings.